The summed E-state index contributed by atoms with van der Waals surface area (Å²) in [5, 5.41) is 0. The van der Waals surface area contributed by atoms with Crippen molar-refractivity contribution in [1.29, 1.82) is 0 Å². The van der Waals surface area contributed by atoms with Gasteiger partial charge in [-0.2, -0.15) is 0 Å². The minimum Gasteiger partial charge on any atom is -0.493 e. The average molecular weight is 421 g/mol. The van der Waals surface area contributed by atoms with Gasteiger partial charge in [0.1, 0.15) is 6.61 Å². The van der Waals surface area contributed by atoms with Crippen LogP contribution in [0.2, 0.25) is 0 Å². The summed E-state index contributed by atoms with van der Waals surface area (Å²) in [5.41, 5.74) is 3.21. The van der Waals surface area contributed by atoms with E-state index in [0.717, 1.165) is 27.0 Å². The van der Waals surface area contributed by atoms with Gasteiger partial charge in [-0.3, -0.25) is 4.99 Å². The van der Waals surface area contributed by atoms with Crippen LogP contribution in [0.5, 0.6) is 11.5 Å². The summed E-state index contributed by atoms with van der Waals surface area (Å²) in [5.74, 6) is 1.43. The third-order valence-electron chi connectivity index (χ3n) is 3.30. The van der Waals surface area contributed by atoms with E-state index < -0.39 is 0 Å². The van der Waals surface area contributed by atoms with Crippen molar-refractivity contribution in [1.82, 2.24) is 0 Å². The molecule has 0 saturated carbocycles. The van der Waals surface area contributed by atoms with Gasteiger partial charge in [-0.25, -0.2) is 0 Å². The number of nitrogens with zero attached hydrogens (tertiary/aromatic N) is 1. The second-order valence-corrected chi connectivity index (χ2v) is 6.07. The van der Waals surface area contributed by atoms with E-state index in [1.165, 1.54) is 5.56 Å². The standard InChI is InChI=1S/C19H20INO2/c1-4-10-23-19-17(20)11-15(12-18(19)22-3)13-21-16-8-6-14(5-2)7-9-16/h4,6-9,11-13H,1,5,10H2,2-3H3. The van der Waals surface area contributed by atoms with Crippen LogP contribution in [-0.2, 0) is 6.42 Å². The van der Waals surface area contributed by atoms with Crippen LogP contribution in [0.3, 0.4) is 0 Å². The predicted octanol–water partition coefficient (Wildman–Crippen LogP) is 5.18. The van der Waals surface area contributed by atoms with Gasteiger partial charge in [-0.1, -0.05) is 31.7 Å². The monoisotopic (exact) mass is 421 g/mol. The summed E-state index contributed by atoms with van der Waals surface area (Å²) in [6.45, 7) is 6.25. The molecule has 0 atom stereocenters. The molecule has 0 aliphatic carbocycles. The molecule has 0 aliphatic heterocycles. The first-order valence-electron chi connectivity index (χ1n) is 7.42. The Morgan fingerprint density at radius 2 is 1.96 bits per heavy atom. The average Bonchev–Trinajstić information content (AvgIpc) is 2.59. The molecule has 0 saturated heterocycles. The third-order valence-corrected chi connectivity index (χ3v) is 4.11. The highest BCUT2D eigenvalue weighted by Gasteiger charge is 2.10. The lowest BCUT2D eigenvalue weighted by Gasteiger charge is -2.12. The lowest BCUT2D eigenvalue weighted by Crippen LogP contribution is -1.99. The molecule has 0 unspecified atom stereocenters. The van der Waals surface area contributed by atoms with Crippen LogP contribution in [-0.4, -0.2) is 19.9 Å². The molecule has 0 aromatic heterocycles. The van der Waals surface area contributed by atoms with E-state index in [4.69, 9.17) is 9.47 Å². The van der Waals surface area contributed by atoms with Crippen molar-refractivity contribution in [2.45, 2.75) is 13.3 Å². The van der Waals surface area contributed by atoms with E-state index in [1.807, 2.05) is 30.5 Å². The summed E-state index contributed by atoms with van der Waals surface area (Å²) >= 11 is 2.24. The highest BCUT2D eigenvalue weighted by atomic mass is 127. The molecule has 0 spiro atoms. The number of aryl methyl sites for hydroxylation is 1. The number of rotatable bonds is 7. The van der Waals surface area contributed by atoms with Crippen molar-refractivity contribution in [3.63, 3.8) is 0 Å². The highest BCUT2D eigenvalue weighted by molar-refractivity contribution is 14.1. The fourth-order valence-corrected chi connectivity index (χ4v) is 2.84. The Bertz CT molecular complexity index is 693. The van der Waals surface area contributed by atoms with Crippen LogP contribution >= 0.6 is 22.6 Å². The largest absolute Gasteiger partial charge is 0.493 e. The summed E-state index contributed by atoms with van der Waals surface area (Å²) in [7, 11) is 1.64. The minimum absolute atomic E-state index is 0.448. The van der Waals surface area contributed by atoms with Gasteiger partial charge < -0.3 is 9.47 Å². The number of benzene rings is 2. The van der Waals surface area contributed by atoms with Crippen molar-refractivity contribution in [3.8, 4) is 11.5 Å². The van der Waals surface area contributed by atoms with Crippen LogP contribution in [0.4, 0.5) is 5.69 Å². The Kier molecular flexibility index (Phi) is 6.65. The summed E-state index contributed by atoms with van der Waals surface area (Å²) < 4.78 is 12.1. The Hall–Kier alpha value is -1.82. The zero-order valence-corrected chi connectivity index (χ0v) is 15.5. The molecule has 2 rings (SSSR count). The van der Waals surface area contributed by atoms with Crippen LogP contribution in [0, 0.1) is 3.57 Å². The van der Waals surface area contributed by atoms with Gasteiger partial charge >= 0.3 is 0 Å². The second-order valence-electron chi connectivity index (χ2n) is 4.91. The summed E-state index contributed by atoms with van der Waals surface area (Å²) in [6, 6.07) is 12.2. The third kappa shape index (κ3) is 4.82. The van der Waals surface area contributed by atoms with Gasteiger partial charge in [0.15, 0.2) is 11.5 Å². The molecule has 0 fully saturated rings. The molecule has 3 nitrogen and oxygen atoms in total. The van der Waals surface area contributed by atoms with Crippen LogP contribution in [0.15, 0.2) is 54.0 Å². The van der Waals surface area contributed by atoms with E-state index in [-0.39, 0.29) is 0 Å². The summed E-state index contributed by atoms with van der Waals surface area (Å²) in [6.07, 6.45) is 4.58. The van der Waals surface area contributed by atoms with Crippen LogP contribution in [0.1, 0.15) is 18.1 Å². The van der Waals surface area contributed by atoms with E-state index >= 15 is 0 Å². The fourth-order valence-electron chi connectivity index (χ4n) is 2.06. The van der Waals surface area contributed by atoms with Gasteiger partial charge in [0, 0.05) is 6.21 Å². The Balaban J connectivity index is 2.23. The SMILES string of the molecule is C=CCOc1c(I)cc(C=Nc2ccc(CC)cc2)cc1OC. The maximum atomic E-state index is 5.66. The first-order chi connectivity index (χ1) is 11.2. The summed E-state index contributed by atoms with van der Waals surface area (Å²) in [4.78, 5) is 4.52. The second kappa shape index (κ2) is 8.72. The predicted molar refractivity (Wildman–Crippen MR) is 104 cm³/mol. The van der Waals surface area contributed by atoms with Crippen molar-refractivity contribution < 1.29 is 9.47 Å². The molecule has 2 aromatic carbocycles. The lowest BCUT2D eigenvalue weighted by atomic mass is 10.1. The number of halogens is 1. The van der Waals surface area contributed by atoms with Gasteiger partial charge in [-0.15, -0.1) is 0 Å². The van der Waals surface area contributed by atoms with Gasteiger partial charge in [0.25, 0.3) is 0 Å². The molecule has 0 amide bonds. The number of methoxy groups -OCH3 is 1. The topological polar surface area (TPSA) is 30.8 Å². The number of aliphatic imine (C=N–C) groups is 1. The molecule has 0 heterocycles. The molecular formula is C19H20INO2. The van der Waals surface area contributed by atoms with Crippen molar-refractivity contribution in [2.75, 3.05) is 13.7 Å². The zero-order valence-electron chi connectivity index (χ0n) is 13.4. The van der Waals surface area contributed by atoms with E-state index in [9.17, 15) is 0 Å². The Morgan fingerprint density at radius 3 is 2.57 bits per heavy atom. The van der Waals surface area contributed by atoms with Gasteiger partial charge in [-0.05, 0) is 64.4 Å². The smallest absolute Gasteiger partial charge is 0.174 e. The minimum atomic E-state index is 0.448. The number of hydrogen-bond acceptors (Lipinski definition) is 3. The number of ether oxygens (including phenoxy) is 2. The highest BCUT2D eigenvalue weighted by Crippen LogP contribution is 2.33. The fraction of sp³-hybridized carbons (Fsp3) is 0.211. The van der Waals surface area contributed by atoms with Gasteiger partial charge in [0.2, 0.25) is 0 Å². The van der Waals surface area contributed by atoms with Crippen molar-refractivity contribution in [2.24, 2.45) is 4.99 Å². The van der Waals surface area contributed by atoms with Gasteiger partial charge in [0.05, 0.1) is 16.4 Å². The van der Waals surface area contributed by atoms with E-state index in [0.29, 0.717) is 12.4 Å². The molecule has 23 heavy (non-hydrogen) atoms. The Morgan fingerprint density at radius 1 is 1.22 bits per heavy atom. The van der Waals surface area contributed by atoms with E-state index in [2.05, 4.69) is 53.2 Å². The molecular weight excluding hydrogens is 401 g/mol. The molecule has 2 aromatic rings. The molecule has 4 heteroatoms. The first kappa shape index (κ1) is 17.5. The van der Waals surface area contributed by atoms with Crippen LogP contribution in [0.25, 0.3) is 0 Å². The maximum Gasteiger partial charge on any atom is 0.174 e. The normalized spacial score (nSPS) is 10.7. The quantitative estimate of drug-likeness (QED) is 0.351. The number of hydrogen-bond donors (Lipinski definition) is 0. The molecule has 120 valence electrons. The first-order valence-corrected chi connectivity index (χ1v) is 8.50. The maximum absolute atomic E-state index is 5.66. The lowest BCUT2D eigenvalue weighted by molar-refractivity contribution is 0.324. The molecule has 0 bridgehead atoms. The Labute approximate surface area is 151 Å². The van der Waals surface area contributed by atoms with Crippen molar-refractivity contribution >= 4 is 34.5 Å². The van der Waals surface area contributed by atoms with Crippen molar-refractivity contribution in [3.05, 3.63) is 63.8 Å². The van der Waals surface area contributed by atoms with E-state index in [1.54, 1.807) is 13.2 Å². The van der Waals surface area contributed by atoms with Crippen LogP contribution < -0.4 is 9.47 Å². The molecule has 0 radical (unpaired) electrons. The zero-order chi connectivity index (χ0) is 16.7. The molecule has 0 aliphatic rings. The molecule has 0 N–H and O–H groups in total.